The van der Waals surface area contributed by atoms with Crippen molar-refractivity contribution < 1.29 is 27.7 Å². The molecule has 2 aromatic carbocycles. The summed E-state index contributed by atoms with van der Waals surface area (Å²) in [5, 5.41) is 13.6. The highest BCUT2D eigenvalue weighted by molar-refractivity contribution is 7.89. The van der Waals surface area contributed by atoms with Crippen molar-refractivity contribution in [1.29, 1.82) is 0 Å². The van der Waals surface area contributed by atoms with Crippen molar-refractivity contribution in [3.05, 3.63) is 63.7 Å². The Kier molecular flexibility index (Phi) is 6.67. The van der Waals surface area contributed by atoms with Gasteiger partial charge in [0.2, 0.25) is 10.0 Å². The molecule has 154 valence electrons. The zero-order chi connectivity index (χ0) is 21.8. The van der Waals surface area contributed by atoms with Crippen LogP contribution < -0.4 is 5.32 Å². The Hall–Kier alpha value is -3.31. The molecule has 0 unspecified atom stereocenters. The van der Waals surface area contributed by atoms with Crippen LogP contribution in [-0.4, -0.2) is 50.2 Å². The van der Waals surface area contributed by atoms with Crippen LogP contribution in [0.1, 0.15) is 27.6 Å². The highest BCUT2D eigenvalue weighted by atomic mass is 32.2. The van der Waals surface area contributed by atoms with E-state index in [0.717, 1.165) is 16.4 Å². The smallest absolute Gasteiger partial charge is 0.338 e. The molecule has 29 heavy (non-hydrogen) atoms. The second-order valence-electron chi connectivity index (χ2n) is 6.02. The quantitative estimate of drug-likeness (QED) is 0.411. The molecule has 10 nitrogen and oxygen atoms in total. The Morgan fingerprint density at radius 2 is 1.79 bits per heavy atom. The largest absolute Gasteiger partial charge is 0.462 e. The molecule has 0 heterocycles. The summed E-state index contributed by atoms with van der Waals surface area (Å²) in [7, 11) is -0.959. The Balaban J connectivity index is 2.38. The number of carbonyl (C=O) groups is 2. The summed E-state index contributed by atoms with van der Waals surface area (Å²) in [5.41, 5.74) is -0.579. The minimum absolute atomic E-state index is 0.0356. The molecule has 0 aliphatic heterocycles. The number of nitro groups is 1. The van der Waals surface area contributed by atoms with Crippen LogP contribution in [-0.2, 0) is 14.8 Å². The van der Waals surface area contributed by atoms with E-state index in [4.69, 9.17) is 4.74 Å². The Bertz CT molecular complexity index is 1060. The summed E-state index contributed by atoms with van der Waals surface area (Å²) in [6.07, 6.45) is 0. The maximum Gasteiger partial charge on any atom is 0.338 e. The van der Waals surface area contributed by atoms with Gasteiger partial charge in [-0.1, -0.05) is 6.07 Å². The van der Waals surface area contributed by atoms with Gasteiger partial charge in [-0.2, -0.15) is 0 Å². The number of hydrogen-bond donors (Lipinski definition) is 1. The number of nitrogens with one attached hydrogen (secondary N) is 1. The third-order valence-electron chi connectivity index (χ3n) is 3.77. The lowest BCUT2D eigenvalue weighted by Crippen LogP contribution is -2.22. The normalized spacial score (nSPS) is 11.2. The first-order valence-electron chi connectivity index (χ1n) is 8.36. The van der Waals surface area contributed by atoms with Crippen molar-refractivity contribution in [2.45, 2.75) is 11.8 Å². The molecule has 0 fully saturated rings. The number of non-ortho nitro benzene ring substituents is 1. The highest BCUT2D eigenvalue weighted by Crippen LogP contribution is 2.21. The van der Waals surface area contributed by atoms with E-state index in [-0.39, 0.29) is 28.3 Å². The predicted octanol–water partition coefficient (Wildman–Crippen LogP) is 2.27. The average molecular weight is 421 g/mol. The zero-order valence-corrected chi connectivity index (χ0v) is 16.7. The first-order chi connectivity index (χ1) is 13.6. The molecule has 1 amide bonds. The van der Waals surface area contributed by atoms with E-state index in [0.29, 0.717) is 0 Å². The first-order valence-corrected chi connectivity index (χ1v) is 9.80. The van der Waals surface area contributed by atoms with Crippen LogP contribution in [0.2, 0.25) is 0 Å². The van der Waals surface area contributed by atoms with Crippen LogP contribution in [0, 0.1) is 10.1 Å². The van der Waals surface area contributed by atoms with E-state index in [1.165, 1.54) is 44.4 Å². The number of nitrogens with zero attached hydrogens (tertiary/aromatic N) is 2. The van der Waals surface area contributed by atoms with Crippen LogP contribution in [0.5, 0.6) is 0 Å². The molecular weight excluding hydrogens is 402 g/mol. The fraction of sp³-hybridized carbons (Fsp3) is 0.222. The summed E-state index contributed by atoms with van der Waals surface area (Å²) in [5.74, 6) is -1.55. The van der Waals surface area contributed by atoms with E-state index in [1.54, 1.807) is 6.92 Å². The lowest BCUT2D eigenvalue weighted by molar-refractivity contribution is -0.384. The number of carbonyl (C=O) groups excluding carboxylic acids is 2. The van der Waals surface area contributed by atoms with Crippen molar-refractivity contribution in [3.63, 3.8) is 0 Å². The minimum atomic E-state index is -3.71. The van der Waals surface area contributed by atoms with Gasteiger partial charge in [0.1, 0.15) is 0 Å². The summed E-state index contributed by atoms with van der Waals surface area (Å²) in [6, 6.07) is 8.74. The zero-order valence-electron chi connectivity index (χ0n) is 15.9. The van der Waals surface area contributed by atoms with Gasteiger partial charge in [-0.15, -0.1) is 0 Å². The number of anilines is 1. The molecule has 0 aliphatic carbocycles. The Labute approximate surface area is 167 Å². The molecular formula is C18H19N3O7S. The lowest BCUT2D eigenvalue weighted by atomic mass is 10.1. The average Bonchev–Trinajstić information content (AvgIpc) is 2.67. The molecule has 0 saturated heterocycles. The van der Waals surface area contributed by atoms with Gasteiger partial charge in [-0.3, -0.25) is 14.9 Å². The van der Waals surface area contributed by atoms with E-state index < -0.39 is 32.5 Å². The molecule has 0 atom stereocenters. The van der Waals surface area contributed by atoms with E-state index in [1.807, 2.05) is 0 Å². The third-order valence-corrected chi connectivity index (χ3v) is 5.58. The summed E-state index contributed by atoms with van der Waals surface area (Å²) in [6.45, 7) is 1.65. The van der Waals surface area contributed by atoms with Crippen molar-refractivity contribution >= 4 is 33.3 Å². The summed E-state index contributed by atoms with van der Waals surface area (Å²) < 4.78 is 30.3. The summed E-state index contributed by atoms with van der Waals surface area (Å²) in [4.78, 5) is 34.9. The molecule has 11 heteroatoms. The number of benzene rings is 2. The van der Waals surface area contributed by atoms with Gasteiger partial charge >= 0.3 is 5.97 Å². The monoisotopic (exact) mass is 421 g/mol. The number of nitro benzene ring substituents is 1. The SMILES string of the molecule is CCOC(=O)c1cc(C(=O)Nc2cccc(S(=O)(=O)N(C)C)c2)cc([N+](=O)[O-])c1. The number of ether oxygens (including phenoxy) is 1. The number of hydrogen-bond acceptors (Lipinski definition) is 7. The lowest BCUT2D eigenvalue weighted by Gasteiger charge is -2.13. The molecule has 0 radical (unpaired) electrons. The molecule has 0 aromatic heterocycles. The predicted molar refractivity (Wildman–Crippen MR) is 104 cm³/mol. The maximum absolute atomic E-state index is 12.6. The van der Waals surface area contributed by atoms with Gasteiger partial charge in [-0.05, 0) is 31.2 Å². The molecule has 0 bridgehead atoms. The van der Waals surface area contributed by atoms with E-state index in [9.17, 15) is 28.1 Å². The van der Waals surface area contributed by atoms with Crippen molar-refractivity contribution in [3.8, 4) is 0 Å². The topological polar surface area (TPSA) is 136 Å². The van der Waals surface area contributed by atoms with Crippen LogP contribution >= 0.6 is 0 Å². The number of amides is 1. The molecule has 0 aliphatic rings. The van der Waals surface area contributed by atoms with Crippen LogP contribution in [0.3, 0.4) is 0 Å². The molecule has 2 aromatic rings. The van der Waals surface area contributed by atoms with Gasteiger partial charge in [0.25, 0.3) is 11.6 Å². The maximum atomic E-state index is 12.6. The minimum Gasteiger partial charge on any atom is -0.462 e. The van der Waals surface area contributed by atoms with Crippen molar-refractivity contribution in [1.82, 2.24) is 4.31 Å². The van der Waals surface area contributed by atoms with Gasteiger partial charge in [0.05, 0.1) is 22.0 Å². The van der Waals surface area contributed by atoms with Gasteiger partial charge in [0, 0.05) is 37.5 Å². The molecule has 2 rings (SSSR count). The molecule has 0 spiro atoms. The van der Waals surface area contributed by atoms with Gasteiger partial charge in [0.15, 0.2) is 0 Å². The van der Waals surface area contributed by atoms with Gasteiger partial charge < -0.3 is 10.1 Å². The van der Waals surface area contributed by atoms with E-state index in [2.05, 4.69) is 5.32 Å². The number of sulfonamides is 1. The van der Waals surface area contributed by atoms with E-state index >= 15 is 0 Å². The number of rotatable bonds is 7. The molecule has 1 N–H and O–H groups in total. The summed E-state index contributed by atoms with van der Waals surface area (Å²) >= 11 is 0. The fourth-order valence-corrected chi connectivity index (χ4v) is 3.28. The number of esters is 1. The molecule has 0 saturated carbocycles. The fourth-order valence-electron chi connectivity index (χ4n) is 2.33. The van der Waals surface area contributed by atoms with Crippen LogP contribution in [0.25, 0.3) is 0 Å². The second kappa shape index (κ2) is 8.80. The van der Waals surface area contributed by atoms with Gasteiger partial charge in [-0.25, -0.2) is 17.5 Å². The second-order valence-corrected chi connectivity index (χ2v) is 8.17. The first kappa shape index (κ1) is 22.0. The Morgan fingerprint density at radius 1 is 1.14 bits per heavy atom. The van der Waals surface area contributed by atoms with Crippen LogP contribution in [0.4, 0.5) is 11.4 Å². The Morgan fingerprint density at radius 3 is 2.38 bits per heavy atom. The van der Waals surface area contributed by atoms with Crippen LogP contribution in [0.15, 0.2) is 47.4 Å². The highest BCUT2D eigenvalue weighted by Gasteiger charge is 2.20. The third kappa shape index (κ3) is 5.15. The van der Waals surface area contributed by atoms with Crippen molar-refractivity contribution in [2.24, 2.45) is 0 Å². The standard InChI is InChI=1S/C18H19N3O7S/c1-4-28-18(23)13-8-12(9-15(10-13)21(24)25)17(22)19-14-6-5-7-16(11-14)29(26,27)20(2)3/h5-11H,4H2,1-3H3,(H,19,22). The van der Waals surface area contributed by atoms with Crippen molar-refractivity contribution in [2.75, 3.05) is 26.0 Å².